The first kappa shape index (κ1) is 11.7. The van der Waals surface area contributed by atoms with E-state index in [-0.39, 0.29) is 18.1 Å². The van der Waals surface area contributed by atoms with Gasteiger partial charge in [-0.15, -0.1) is 0 Å². The maximum Gasteiger partial charge on any atom is 0.0659 e. The van der Waals surface area contributed by atoms with E-state index in [0.717, 1.165) is 12.8 Å². The first-order valence-electron chi connectivity index (χ1n) is 6.90. The van der Waals surface area contributed by atoms with Crippen LogP contribution in [0.4, 0.5) is 0 Å². The smallest absolute Gasteiger partial charge is 0.0659 e. The second-order valence-electron chi connectivity index (χ2n) is 7.37. The molecule has 2 N–H and O–H groups in total. The molecule has 2 nitrogen and oxygen atoms in total. The third kappa shape index (κ3) is 1.40. The average Bonchev–Trinajstić information content (AvgIpc) is 2.46. The molecule has 0 amide bonds. The van der Waals surface area contributed by atoms with Crippen LogP contribution in [0.25, 0.3) is 0 Å². The summed E-state index contributed by atoms with van der Waals surface area (Å²) in [5.41, 5.74) is 3.01. The van der Waals surface area contributed by atoms with Crippen LogP contribution in [0.5, 0.6) is 0 Å². The summed E-state index contributed by atoms with van der Waals surface area (Å²) in [6, 6.07) is 0. The third-order valence-electron chi connectivity index (χ3n) is 5.81. The quantitative estimate of drug-likeness (QED) is 0.687. The lowest BCUT2D eigenvalue weighted by Gasteiger charge is -2.54. The van der Waals surface area contributed by atoms with Crippen LogP contribution < -0.4 is 0 Å². The van der Waals surface area contributed by atoms with E-state index < -0.39 is 0 Å². The molecule has 0 aromatic rings. The van der Waals surface area contributed by atoms with E-state index >= 15 is 0 Å². The van der Waals surface area contributed by atoms with Crippen LogP contribution in [-0.4, -0.2) is 22.9 Å². The molecule has 2 saturated carbocycles. The molecule has 0 aromatic carbocycles. The van der Waals surface area contributed by atoms with E-state index in [2.05, 4.69) is 20.8 Å². The Morgan fingerprint density at radius 2 is 2.00 bits per heavy atom. The predicted molar refractivity (Wildman–Crippen MR) is 67.5 cm³/mol. The zero-order valence-corrected chi connectivity index (χ0v) is 11.2. The molecule has 2 fully saturated rings. The normalized spacial score (nSPS) is 47.5. The minimum atomic E-state index is -0.225. The fourth-order valence-electron chi connectivity index (χ4n) is 4.61. The van der Waals surface area contributed by atoms with Crippen LogP contribution in [0.1, 0.15) is 46.5 Å². The van der Waals surface area contributed by atoms with Crippen molar-refractivity contribution in [1.82, 2.24) is 0 Å². The molecule has 4 unspecified atom stereocenters. The summed E-state index contributed by atoms with van der Waals surface area (Å²) < 4.78 is 0. The van der Waals surface area contributed by atoms with E-state index in [1.54, 1.807) is 0 Å². The van der Waals surface area contributed by atoms with Crippen LogP contribution in [0, 0.1) is 22.7 Å². The van der Waals surface area contributed by atoms with Gasteiger partial charge in [-0.05, 0) is 48.0 Å². The summed E-state index contributed by atoms with van der Waals surface area (Å²) in [5, 5.41) is 20.2. The van der Waals surface area contributed by atoms with E-state index in [0.29, 0.717) is 17.3 Å². The molecular weight excluding hydrogens is 212 g/mol. The fraction of sp³-hybridized carbons (Fsp3) is 0.867. The molecule has 96 valence electrons. The number of fused-ring (bicyclic) bond motifs is 2. The van der Waals surface area contributed by atoms with Crippen molar-refractivity contribution >= 4 is 0 Å². The first-order chi connectivity index (χ1) is 7.89. The lowest BCUT2D eigenvalue weighted by molar-refractivity contribution is -0.0152. The van der Waals surface area contributed by atoms with Gasteiger partial charge >= 0.3 is 0 Å². The monoisotopic (exact) mass is 236 g/mol. The SMILES string of the molecule is CC1(C)CC2=C(CO)C3CCC3(C)CC2C1O. The Kier molecular flexibility index (Phi) is 2.32. The van der Waals surface area contributed by atoms with Crippen molar-refractivity contribution in [2.24, 2.45) is 22.7 Å². The zero-order valence-electron chi connectivity index (χ0n) is 11.2. The van der Waals surface area contributed by atoms with Crippen molar-refractivity contribution in [2.45, 2.75) is 52.6 Å². The van der Waals surface area contributed by atoms with E-state index in [1.807, 2.05) is 0 Å². The molecule has 4 atom stereocenters. The molecule has 3 aliphatic rings. The molecule has 0 heterocycles. The molecule has 0 radical (unpaired) electrons. The van der Waals surface area contributed by atoms with E-state index in [1.165, 1.54) is 24.0 Å². The number of aliphatic hydroxyl groups is 2. The van der Waals surface area contributed by atoms with Gasteiger partial charge in [0.15, 0.2) is 0 Å². The topological polar surface area (TPSA) is 40.5 Å². The maximum atomic E-state index is 10.5. The second-order valence-corrected chi connectivity index (χ2v) is 7.37. The van der Waals surface area contributed by atoms with Crippen molar-refractivity contribution in [3.63, 3.8) is 0 Å². The van der Waals surface area contributed by atoms with Gasteiger partial charge in [0.1, 0.15) is 0 Å². The highest BCUT2D eigenvalue weighted by atomic mass is 16.3. The number of rotatable bonds is 1. The largest absolute Gasteiger partial charge is 0.392 e. The predicted octanol–water partition coefficient (Wildman–Crippen LogP) is 2.50. The van der Waals surface area contributed by atoms with Crippen molar-refractivity contribution in [3.05, 3.63) is 11.1 Å². The summed E-state index contributed by atoms with van der Waals surface area (Å²) in [4.78, 5) is 0. The van der Waals surface area contributed by atoms with Crippen molar-refractivity contribution < 1.29 is 10.2 Å². The van der Waals surface area contributed by atoms with E-state index in [4.69, 9.17) is 0 Å². The Morgan fingerprint density at radius 3 is 2.53 bits per heavy atom. The maximum absolute atomic E-state index is 10.5. The van der Waals surface area contributed by atoms with Crippen LogP contribution >= 0.6 is 0 Å². The minimum absolute atomic E-state index is 0.0133. The van der Waals surface area contributed by atoms with Gasteiger partial charge in [0.2, 0.25) is 0 Å². The molecule has 17 heavy (non-hydrogen) atoms. The van der Waals surface area contributed by atoms with Gasteiger partial charge in [0.05, 0.1) is 12.7 Å². The Hall–Kier alpha value is -0.340. The minimum Gasteiger partial charge on any atom is -0.392 e. The lowest BCUT2D eigenvalue weighted by atomic mass is 9.51. The fourth-order valence-corrected chi connectivity index (χ4v) is 4.61. The van der Waals surface area contributed by atoms with E-state index in [9.17, 15) is 10.2 Å². The van der Waals surface area contributed by atoms with Crippen LogP contribution in [0.3, 0.4) is 0 Å². The van der Waals surface area contributed by atoms with Crippen molar-refractivity contribution in [3.8, 4) is 0 Å². The number of aliphatic hydroxyl groups excluding tert-OH is 2. The number of hydrogen-bond donors (Lipinski definition) is 2. The Labute approximate surface area is 104 Å². The van der Waals surface area contributed by atoms with Crippen LogP contribution in [0.15, 0.2) is 11.1 Å². The molecule has 3 aliphatic carbocycles. The summed E-state index contributed by atoms with van der Waals surface area (Å²) in [6.45, 7) is 6.85. The highest BCUT2D eigenvalue weighted by Crippen LogP contribution is 2.63. The van der Waals surface area contributed by atoms with Crippen molar-refractivity contribution in [1.29, 1.82) is 0 Å². The molecule has 2 heteroatoms. The molecule has 3 rings (SSSR count). The highest BCUT2D eigenvalue weighted by Gasteiger charge is 2.56. The average molecular weight is 236 g/mol. The molecule has 0 saturated heterocycles. The lowest BCUT2D eigenvalue weighted by Crippen LogP contribution is -2.46. The van der Waals surface area contributed by atoms with Crippen LogP contribution in [-0.2, 0) is 0 Å². The molecule has 0 spiro atoms. The van der Waals surface area contributed by atoms with Gasteiger partial charge in [-0.1, -0.05) is 26.3 Å². The van der Waals surface area contributed by atoms with Gasteiger partial charge in [-0.3, -0.25) is 0 Å². The summed E-state index contributed by atoms with van der Waals surface area (Å²) in [5.74, 6) is 0.911. The highest BCUT2D eigenvalue weighted by molar-refractivity contribution is 5.34. The summed E-state index contributed by atoms with van der Waals surface area (Å²) in [6.07, 6.45) is 4.37. The Morgan fingerprint density at radius 1 is 1.29 bits per heavy atom. The standard InChI is InChI=1S/C15H24O2/c1-14(2)6-9-10(13(14)17)7-15(3)5-4-12(15)11(9)8-16/h10,12-13,16-17H,4-8H2,1-3H3. The molecule has 0 aromatic heterocycles. The van der Waals surface area contributed by atoms with Gasteiger partial charge in [-0.25, -0.2) is 0 Å². The van der Waals surface area contributed by atoms with Gasteiger partial charge in [0, 0.05) is 5.92 Å². The van der Waals surface area contributed by atoms with Gasteiger partial charge < -0.3 is 10.2 Å². The summed E-state index contributed by atoms with van der Waals surface area (Å²) >= 11 is 0. The third-order valence-corrected chi connectivity index (χ3v) is 5.81. The molecule has 0 bridgehead atoms. The second kappa shape index (κ2) is 3.36. The van der Waals surface area contributed by atoms with Gasteiger partial charge in [-0.2, -0.15) is 0 Å². The van der Waals surface area contributed by atoms with Gasteiger partial charge in [0.25, 0.3) is 0 Å². The number of hydrogen-bond acceptors (Lipinski definition) is 2. The van der Waals surface area contributed by atoms with Crippen LogP contribution in [0.2, 0.25) is 0 Å². The zero-order chi connectivity index (χ0) is 12.4. The van der Waals surface area contributed by atoms with Crippen molar-refractivity contribution in [2.75, 3.05) is 6.61 Å². The Balaban J connectivity index is 2.05. The Bertz CT molecular complexity index is 382. The first-order valence-corrected chi connectivity index (χ1v) is 6.90. The summed E-state index contributed by atoms with van der Waals surface area (Å²) in [7, 11) is 0. The molecular formula is C15H24O2. The molecule has 0 aliphatic heterocycles.